The molecule has 0 unspecified atom stereocenters. The standard InChI is InChI=1S/C23H22F3N5O3S/c1-15-2-7-20(27-13-15)30-8-10-31(11-9-30)21(32)19-12-17(14-35-19)29-22(33)28-16-3-5-18(6-4-16)34-23(24,25)26/h2-7,12-14H,8-11H2,1H3,(H2,28,29,33). The van der Waals surface area contributed by atoms with Crippen LogP contribution in [0.3, 0.4) is 0 Å². The molecule has 0 bridgehead atoms. The van der Waals surface area contributed by atoms with Crippen LogP contribution in [-0.4, -0.2) is 54.4 Å². The Bertz CT molecular complexity index is 1170. The highest BCUT2D eigenvalue weighted by atomic mass is 32.1. The SMILES string of the molecule is Cc1ccc(N2CCN(C(=O)c3cc(NC(=O)Nc4ccc(OC(F)(F)F)cc4)cs3)CC2)nc1. The van der Waals surface area contributed by atoms with Crippen molar-refractivity contribution in [2.75, 3.05) is 41.7 Å². The number of aryl methyl sites for hydroxylation is 1. The van der Waals surface area contributed by atoms with Gasteiger partial charge in [0, 0.05) is 43.4 Å². The van der Waals surface area contributed by atoms with Crippen molar-refractivity contribution in [3.05, 3.63) is 64.5 Å². The van der Waals surface area contributed by atoms with Crippen LogP contribution in [0.5, 0.6) is 5.75 Å². The number of halogens is 3. The van der Waals surface area contributed by atoms with E-state index in [0.29, 0.717) is 36.7 Å². The van der Waals surface area contributed by atoms with Crippen LogP contribution in [-0.2, 0) is 0 Å². The van der Waals surface area contributed by atoms with Crippen LogP contribution >= 0.6 is 11.3 Å². The molecule has 3 aromatic rings. The Morgan fingerprint density at radius 1 is 1.00 bits per heavy atom. The van der Waals surface area contributed by atoms with Crippen molar-refractivity contribution in [3.63, 3.8) is 0 Å². The summed E-state index contributed by atoms with van der Waals surface area (Å²) in [6.07, 6.45) is -2.97. The molecule has 1 saturated heterocycles. The van der Waals surface area contributed by atoms with E-state index in [1.165, 1.54) is 23.5 Å². The third-order valence-electron chi connectivity index (χ3n) is 5.20. The molecule has 0 saturated carbocycles. The van der Waals surface area contributed by atoms with Crippen LogP contribution in [0.15, 0.2) is 54.0 Å². The zero-order valence-corrected chi connectivity index (χ0v) is 19.4. The van der Waals surface area contributed by atoms with Gasteiger partial charge < -0.3 is 25.2 Å². The predicted molar refractivity (Wildman–Crippen MR) is 127 cm³/mol. The van der Waals surface area contributed by atoms with Crippen molar-refractivity contribution in [1.29, 1.82) is 0 Å². The largest absolute Gasteiger partial charge is 0.573 e. The quantitative estimate of drug-likeness (QED) is 0.512. The maximum Gasteiger partial charge on any atom is 0.573 e. The molecule has 1 aromatic carbocycles. The lowest BCUT2D eigenvalue weighted by atomic mass is 10.2. The first-order valence-electron chi connectivity index (χ1n) is 10.7. The van der Waals surface area contributed by atoms with Gasteiger partial charge in [-0.3, -0.25) is 4.79 Å². The number of carbonyl (C=O) groups is 2. The fourth-order valence-electron chi connectivity index (χ4n) is 3.49. The average Bonchev–Trinajstić information content (AvgIpc) is 3.28. The van der Waals surface area contributed by atoms with Gasteiger partial charge in [0.25, 0.3) is 5.91 Å². The Hall–Kier alpha value is -3.80. The average molecular weight is 506 g/mol. The summed E-state index contributed by atoms with van der Waals surface area (Å²) < 4.78 is 40.5. The first-order valence-corrected chi connectivity index (χ1v) is 11.5. The molecule has 0 aliphatic carbocycles. The number of piperazine rings is 1. The second-order valence-corrected chi connectivity index (χ2v) is 8.74. The number of nitrogens with zero attached hydrogens (tertiary/aromatic N) is 3. The molecule has 1 aliphatic rings. The van der Waals surface area contributed by atoms with Gasteiger partial charge in [-0.15, -0.1) is 24.5 Å². The van der Waals surface area contributed by atoms with E-state index in [-0.39, 0.29) is 17.3 Å². The molecule has 12 heteroatoms. The van der Waals surface area contributed by atoms with Crippen LogP contribution in [0.4, 0.5) is 35.2 Å². The van der Waals surface area contributed by atoms with Gasteiger partial charge in [-0.05, 0) is 48.9 Å². The van der Waals surface area contributed by atoms with Gasteiger partial charge >= 0.3 is 12.4 Å². The van der Waals surface area contributed by atoms with Gasteiger partial charge in [0.15, 0.2) is 0 Å². The van der Waals surface area contributed by atoms with Crippen LogP contribution in [0.2, 0.25) is 0 Å². The highest BCUT2D eigenvalue weighted by molar-refractivity contribution is 7.12. The third-order valence-corrected chi connectivity index (χ3v) is 6.12. The van der Waals surface area contributed by atoms with Crippen LogP contribution < -0.4 is 20.3 Å². The lowest BCUT2D eigenvalue weighted by Crippen LogP contribution is -2.48. The van der Waals surface area contributed by atoms with Crippen LogP contribution in [0.25, 0.3) is 0 Å². The van der Waals surface area contributed by atoms with Gasteiger partial charge in [0.1, 0.15) is 11.6 Å². The summed E-state index contributed by atoms with van der Waals surface area (Å²) in [5.74, 6) is 0.388. The molecule has 8 nitrogen and oxygen atoms in total. The summed E-state index contributed by atoms with van der Waals surface area (Å²) in [6, 6.07) is 9.75. The van der Waals surface area contributed by atoms with E-state index in [0.717, 1.165) is 23.5 Å². The first-order chi connectivity index (χ1) is 16.7. The van der Waals surface area contributed by atoms with E-state index in [1.807, 2.05) is 25.3 Å². The molecule has 2 N–H and O–H groups in total. The van der Waals surface area contributed by atoms with E-state index < -0.39 is 12.4 Å². The number of ether oxygens (including phenoxy) is 1. The minimum atomic E-state index is -4.79. The summed E-state index contributed by atoms with van der Waals surface area (Å²) in [7, 11) is 0. The van der Waals surface area contributed by atoms with E-state index in [1.54, 1.807) is 16.3 Å². The molecule has 0 radical (unpaired) electrons. The van der Waals surface area contributed by atoms with Gasteiger partial charge in [0.05, 0.1) is 10.6 Å². The van der Waals surface area contributed by atoms with Crippen LogP contribution in [0, 0.1) is 6.92 Å². The number of urea groups is 1. The molecular formula is C23H22F3N5O3S. The number of nitrogens with one attached hydrogen (secondary N) is 2. The lowest BCUT2D eigenvalue weighted by molar-refractivity contribution is -0.274. The molecular weight excluding hydrogens is 483 g/mol. The zero-order valence-electron chi connectivity index (χ0n) is 18.6. The number of benzene rings is 1. The Morgan fingerprint density at radius 3 is 2.31 bits per heavy atom. The molecule has 3 amide bonds. The van der Waals surface area contributed by atoms with E-state index in [9.17, 15) is 22.8 Å². The second kappa shape index (κ2) is 10.2. The smallest absolute Gasteiger partial charge is 0.406 e. The first kappa shape index (κ1) is 24.3. The molecule has 0 spiro atoms. The normalized spacial score (nSPS) is 13.9. The number of hydrogen-bond donors (Lipinski definition) is 2. The predicted octanol–water partition coefficient (Wildman–Crippen LogP) is 4.96. The molecule has 2 aromatic heterocycles. The number of anilines is 3. The molecule has 184 valence electrons. The fraction of sp³-hybridized carbons (Fsp3) is 0.261. The van der Waals surface area contributed by atoms with Crippen molar-refractivity contribution in [1.82, 2.24) is 9.88 Å². The number of thiophene rings is 1. The third kappa shape index (κ3) is 6.63. The minimum Gasteiger partial charge on any atom is -0.406 e. The van der Waals surface area contributed by atoms with E-state index >= 15 is 0 Å². The number of carbonyl (C=O) groups excluding carboxylic acids is 2. The highest BCUT2D eigenvalue weighted by Gasteiger charge is 2.31. The Kier molecular flexibility index (Phi) is 7.10. The molecule has 4 rings (SSSR count). The number of alkyl halides is 3. The maximum atomic E-state index is 12.9. The summed E-state index contributed by atoms with van der Waals surface area (Å²) in [6.45, 7) is 4.45. The summed E-state index contributed by atoms with van der Waals surface area (Å²) >= 11 is 1.22. The van der Waals surface area contributed by atoms with Crippen molar-refractivity contribution in [2.45, 2.75) is 13.3 Å². The Labute approximate surface area is 203 Å². The maximum absolute atomic E-state index is 12.9. The molecule has 35 heavy (non-hydrogen) atoms. The molecule has 1 fully saturated rings. The molecule has 1 aliphatic heterocycles. The summed E-state index contributed by atoms with van der Waals surface area (Å²) in [5.41, 5.74) is 1.81. The fourth-order valence-corrected chi connectivity index (χ4v) is 4.29. The van der Waals surface area contributed by atoms with E-state index in [4.69, 9.17) is 0 Å². The number of rotatable bonds is 5. The Morgan fingerprint density at radius 2 is 1.69 bits per heavy atom. The minimum absolute atomic E-state index is 0.111. The van der Waals surface area contributed by atoms with Crippen molar-refractivity contribution < 1.29 is 27.5 Å². The topological polar surface area (TPSA) is 86.8 Å². The number of pyridine rings is 1. The van der Waals surface area contributed by atoms with E-state index in [2.05, 4.69) is 25.3 Å². The lowest BCUT2D eigenvalue weighted by Gasteiger charge is -2.35. The number of hydrogen-bond acceptors (Lipinski definition) is 6. The molecule has 0 atom stereocenters. The zero-order chi connectivity index (χ0) is 25.0. The van der Waals surface area contributed by atoms with Crippen molar-refractivity contribution in [3.8, 4) is 5.75 Å². The summed E-state index contributed by atoms with van der Waals surface area (Å²) in [4.78, 5) is 34.0. The van der Waals surface area contributed by atoms with Gasteiger partial charge in [-0.1, -0.05) is 6.07 Å². The second-order valence-electron chi connectivity index (χ2n) is 7.82. The highest BCUT2D eigenvalue weighted by Crippen LogP contribution is 2.25. The summed E-state index contributed by atoms with van der Waals surface area (Å²) in [5, 5.41) is 6.79. The molecule has 3 heterocycles. The van der Waals surface area contributed by atoms with Gasteiger partial charge in [0.2, 0.25) is 0 Å². The number of amides is 3. The van der Waals surface area contributed by atoms with Gasteiger partial charge in [-0.2, -0.15) is 0 Å². The van der Waals surface area contributed by atoms with Crippen LogP contribution in [0.1, 0.15) is 15.2 Å². The van der Waals surface area contributed by atoms with Gasteiger partial charge in [-0.25, -0.2) is 9.78 Å². The monoisotopic (exact) mass is 505 g/mol. The van der Waals surface area contributed by atoms with Crippen molar-refractivity contribution in [2.24, 2.45) is 0 Å². The number of aromatic nitrogens is 1. The Balaban J connectivity index is 1.27. The van der Waals surface area contributed by atoms with Crippen molar-refractivity contribution >= 4 is 40.5 Å².